The number of fused-ring (bicyclic) bond motifs is 3. The lowest BCUT2D eigenvalue weighted by Crippen LogP contribution is -2.39. The number of esters is 1. The van der Waals surface area contributed by atoms with Crippen molar-refractivity contribution in [3.05, 3.63) is 59.9 Å². The Hall–Kier alpha value is -3.69. The molecule has 4 rings (SSSR count). The van der Waals surface area contributed by atoms with Gasteiger partial charge >= 0.3 is 5.97 Å². The van der Waals surface area contributed by atoms with E-state index in [1.807, 2.05) is 42.5 Å². The first kappa shape index (κ1) is 26.4. The van der Waals surface area contributed by atoms with Crippen LogP contribution in [0.4, 0.5) is 5.82 Å². The van der Waals surface area contributed by atoms with Crippen LogP contribution in [0.25, 0.3) is 21.9 Å². The number of carbonyl (C=O) groups excluding carboxylic acids is 1. The number of pyridine rings is 1. The molecule has 2 heterocycles. The van der Waals surface area contributed by atoms with Crippen LogP contribution >= 0.6 is 0 Å². The van der Waals surface area contributed by atoms with Crippen LogP contribution in [0.1, 0.15) is 32.2 Å². The third kappa shape index (κ3) is 6.00. The number of hydrogen-bond donors (Lipinski definition) is 2. The second kappa shape index (κ2) is 11.6. The largest absolute Gasteiger partial charge is 0.476 e. The Morgan fingerprint density at radius 2 is 1.95 bits per heavy atom. The summed E-state index contributed by atoms with van der Waals surface area (Å²) in [7, 11) is 1.69. The number of methoxy groups -OCH3 is 1. The van der Waals surface area contributed by atoms with E-state index in [0.29, 0.717) is 50.8 Å². The smallest absolute Gasteiger partial charge is 0.349 e. The van der Waals surface area contributed by atoms with Crippen molar-refractivity contribution in [1.82, 2.24) is 19.9 Å². The van der Waals surface area contributed by atoms with E-state index < -0.39 is 11.6 Å². The standard InChI is InChI=1S/C28H35N5O4/c1-5-36-27(34)28(2,3)37-20-10-8-9-19(17-20)18-30-14-15-33-23(13-16-35-4)32-24-25(33)21-11-6-7-12-22(21)31-26(24)29/h6-12,17,30H,5,13-16,18H2,1-4H3,(H2,29,31). The van der Waals surface area contributed by atoms with Gasteiger partial charge in [0.15, 0.2) is 11.4 Å². The highest BCUT2D eigenvalue weighted by Gasteiger charge is 2.31. The highest BCUT2D eigenvalue weighted by Crippen LogP contribution is 2.29. The van der Waals surface area contributed by atoms with Crippen molar-refractivity contribution in [2.45, 2.75) is 45.9 Å². The van der Waals surface area contributed by atoms with Gasteiger partial charge in [-0.15, -0.1) is 0 Å². The van der Waals surface area contributed by atoms with Crippen molar-refractivity contribution >= 4 is 33.7 Å². The molecule has 3 N–H and O–H groups in total. The van der Waals surface area contributed by atoms with Gasteiger partial charge in [0.2, 0.25) is 0 Å². The molecule has 2 aromatic heterocycles. The minimum atomic E-state index is -1.07. The lowest BCUT2D eigenvalue weighted by atomic mass is 10.1. The number of imidazole rings is 1. The molecule has 0 aliphatic rings. The van der Waals surface area contributed by atoms with E-state index in [-0.39, 0.29) is 0 Å². The SMILES string of the molecule is CCOC(=O)C(C)(C)Oc1cccc(CNCCn2c(CCOC)nc3c(N)nc4ccccc4c32)c1. The topological polar surface area (TPSA) is 114 Å². The number of nitrogens with zero attached hydrogens (tertiary/aromatic N) is 3. The first-order valence-electron chi connectivity index (χ1n) is 12.5. The molecular formula is C28H35N5O4. The normalized spacial score (nSPS) is 11.8. The number of carbonyl (C=O) groups is 1. The Kier molecular flexibility index (Phi) is 8.25. The van der Waals surface area contributed by atoms with Crippen LogP contribution in [0, 0.1) is 0 Å². The molecule has 0 aliphatic carbocycles. The van der Waals surface area contributed by atoms with Crippen molar-refractivity contribution in [1.29, 1.82) is 0 Å². The summed E-state index contributed by atoms with van der Waals surface area (Å²) in [5.41, 5.74) is 8.83. The third-order valence-electron chi connectivity index (χ3n) is 6.10. The minimum Gasteiger partial charge on any atom is -0.476 e. The predicted molar refractivity (Wildman–Crippen MR) is 145 cm³/mol. The third-order valence-corrected chi connectivity index (χ3v) is 6.10. The van der Waals surface area contributed by atoms with Crippen LogP contribution in [-0.2, 0) is 33.8 Å². The van der Waals surface area contributed by atoms with Gasteiger partial charge in [0, 0.05) is 38.6 Å². The number of hydrogen-bond acceptors (Lipinski definition) is 8. The maximum absolute atomic E-state index is 12.2. The van der Waals surface area contributed by atoms with Crippen LogP contribution in [0.2, 0.25) is 0 Å². The Morgan fingerprint density at radius 1 is 1.14 bits per heavy atom. The van der Waals surface area contributed by atoms with E-state index in [9.17, 15) is 4.79 Å². The molecule has 0 aliphatic heterocycles. The Balaban J connectivity index is 1.48. The average molecular weight is 506 g/mol. The molecule has 0 unspecified atom stereocenters. The summed E-state index contributed by atoms with van der Waals surface area (Å²) in [5.74, 6) is 1.58. The van der Waals surface area contributed by atoms with Crippen molar-refractivity contribution < 1.29 is 19.0 Å². The number of nitrogens with two attached hydrogens (primary N) is 1. The molecule has 0 spiro atoms. The molecule has 4 aromatic rings. The van der Waals surface area contributed by atoms with Gasteiger partial charge in [-0.25, -0.2) is 14.8 Å². The van der Waals surface area contributed by atoms with E-state index in [1.165, 1.54) is 0 Å². The van der Waals surface area contributed by atoms with E-state index in [4.69, 9.17) is 24.9 Å². The van der Waals surface area contributed by atoms with Crippen LogP contribution in [0.5, 0.6) is 5.75 Å². The first-order valence-corrected chi connectivity index (χ1v) is 12.5. The van der Waals surface area contributed by atoms with Crippen molar-refractivity contribution in [3.8, 4) is 5.75 Å². The van der Waals surface area contributed by atoms with Crippen LogP contribution in [-0.4, -0.2) is 53.0 Å². The maximum Gasteiger partial charge on any atom is 0.349 e. The van der Waals surface area contributed by atoms with E-state index >= 15 is 0 Å². The van der Waals surface area contributed by atoms with Crippen molar-refractivity contribution in [3.63, 3.8) is 0 Å². The quantitative estimate of drug-likeness (QED) is 0.220. The van der Waals surface area contributed by atoms with Gasteiger partial charge in [-0.2, -0.15) is 0 Å². The fraction of sp³-hybridized carbons (Fsp3) is 0.393. The molecule has 0 fully saturated rings. The van der Waals surface area contributed by atoms with E-state index in [2.05, 4.69) is 20.9 Å². The van der Waals surface area contributed by atoms with Gasteiger partial charge in [0.1, 0.15) is 17.1 Å². The summed E-state index contributed by atoms with van der Waals surface area (Å²) in [5, 5.41) is 4.53. The van der Waals surface area contributed by atoms with Crippen LogP contribution in [0.15, 0.2) is 48.5 Å². The van der Waals surface area contributed by atoms with Gasteiger partial charge in [-0.05, 0) is 44.5 Å². The minimum absolute atomic E-state index is 0.313. The number of nitrogens with one attached hydrogen (secondary N) is 1. The van der Waals surface area contributed by atoms with E-state index in [1.54, 1.807) is 27.9 Å². The monoisotopic (exact) mass is 505 g/mol. The summed E-state index contributed by atoms with van der Waals surface area (Å²) in [6.45, 7) is 8.13. The zero-order valence-corrected chi connectivity index (χ0v) is 21.9. The average Bonchev–Trinajstić information content (AvgIpc) is 3.25. The lowest BCUT2D eigenvalue weighted by Gasteiger charge is -2.24. The zero-order chi connectivity index (χ0) is 26.4. The number of nitrogen functional groups attached to an aromatic ring is 1. The molecule has 2 aromatic carbocycles. The number of benzene rings is 2. The molecule has 9 heteroatoms. The Morgan fingerprint density at radius 3 is 2.73 bits per heavy atom. The van der Waals surface area contributed by atoms with Gasteiger partial charge in [-0.1, -0.05) is 30.3 Å². The molecule has 37 heavy (non-hydrogen) atoms. The number of ether oxygens (including phenoxy) is 3. The van der Waals surface area contributed by atoms with Crippen molar-refractivity contribution in [2.24, 2.45) is 0 Å². The summed E-state index contributed by atoms with van der Waals surface area (Å²) in [4.78, 5) is 21.5. The summed E-state index contributed by atoms with van der Waals surface area (Å²) in [6, 6.07) is 15.7. The van der Waals surface area contributed by atoms with Gasteiger partial charge in [-0.3, -0.25) is 0 Å². The molecule has 0 amide bonds. The second-order valence-electron chi connectivity index (χ2n) is 9.29. The van der Waals surface area contributed by atoms with Crippen LogP contribution < -0.4 is 15.8 Å². The second-order valence-corrected chi connectivity index (χ2v) is 9.29. The zero-order valence-electron chi connectivity index (χ0n) is 21.9. The molecule has 0 atom stereocenters. The Labute approximate surface area is 216 Å². The first-order chi connectivity index (χ1) is 17.8. The molecule has 0 saturated carbocycles. The van der Waals surface area contributed by atoms with E-state index in [0.717, 1.165) is 33.3 Å². The number of rotatable bonds is 12. The Bertz CT molecular complexity index is 1380. The molecular weight excluding hydrogens is 470 g/mol. The summed E-state index contributed by atoms with van der Waals surface area (Å²) < 4.78 is 18.6. The summed E-state index contributed by atoms with van der Waals surface area (Å²) >= 11 is 0. The number of para-hydroxylation sites is 1. The fourth-order valence-electron chi connectivity index (χ4n) is 4.31. The molecule has 0 saturated heterocycles. The maximum atomic E-state index is 12.2. The molecule has 196 valence electrons. The van der Waals surface area contributed by atoms with Gasteiger partial charge in [0.05, 0.1) is 24.2 Å². The highest BCUT2D eigenvalue weighted by atomic mass is 16.6. The molecule has 9 nitrogen and oxygen atoms in total. The highest BCUT2D eigenvalue weighted by molar-refractivity contribution is 6.06. The lowest BCUT2D eigenvalue weighted by molar-refractivity contribution is -0.158. The fourth-order valence-corrected chi connectivity index (χ4v) is 4.31. The molecule has 0 bridgehead atoms. The number of anilines is 1. The summed E-state index contributed by atoms with van der Waals surface area (Å²) in [6.07, 6.45) is 0.675. The predicted octanol–water partition coefficient (Wildman–Crippen LogP) is 3.87. The van der Waals surface area contributed by atoms with Crippen LogP contribution in [0.3, 0.4) is 0 Å². The number of aromatic nitrogens is 3. The van der Waals surface area contributed by atoms with Crippen molar-refractivity contribution in [2.75, 3.05) is 32.6 Å². The van der Waals surface area contributed by atoms with Gasteiger partial charge in [0.25, 0.3) is 0 Å². The molecule has 0 radical (unpaired) electrons. The van der Waals surface area contributed by atoms with Gasteiger partial charge < -0.3 is 29.8 Å².